The van der Waals surface area contributed by atoms with Gasteiger partial charge in [0.05, 0.1) is 19.3 Å². The normalized spacial score (nSPS) is 36.1. The Bertz CT molecular complexity index is 486. The molecule has 0 bridgehead atoms. The van der Waals surface area contributed by atoms with Crippen molar-refractivity contribution in [1.82, 2.24) is 15.5 Å². The van der Waals surface area contributed by atoms with E-state index in [9.17, 15) is 0 Å². The molecule has 0 amide bonds. The van der Waals surface area contributed by atoms with Crippen molar-refractivity contribution >= 4 is 5.96 Å². The van der Waals surface area contributed by atoms with E-state index in [4.69, 9.17) is 9.47 Å². The second-order valence-electron chi connectivity index (χ2n) is 8.26. The average Bonchev–Trinajstić information content (AvgIpc) is 3.31. The lowest BCUT2D eigenvalue weighted by molar-refractivity contribution is -0.125. The Morgan fingerprint density at radius 2 is 2.00 bits per heavy atom. The third kappa shape index (κ3) is 3.17. The number of morpholine rings is 1. The van der Waals surface area contributed by atoms with E-state index in [0.717, 1.165) is 45.4 Å². The number of rotatable bonds is 4. The molecule has 4 aliphatic rings. The third-order valence-electron chi connectivity index (χ3n) is 7.04. The number of hydrogen-bond donors (Lipinski definition) is 2. The van der Waals surface area contributed by atoms with Gasteiger partial charge in [-0.05, 0) is 26.2 Å². The van der Waals surface area contributed by atoms with Crippen molar-refractivity contribution in [2.45, 2.75) is 57.2 Å². The van der Waals surface area contributed by atoms with E-state index >= 15 is 0 Å². The minimum absolute atomic E-state index is 0.370. The number of aliphatic imine (C=N–C) groups is 1. The monoisotopic (exact) mass is 350 g/mol. The molecule has 25 heavy (non-hydrogen) atoms. The zero-order valence-corrected chi connectivity index (χ0v) is 15.8. The SMILES string of the molecule is CN=C(NCC(C)N1CCOCC1)NC1C2CCOC2C12CCCC2. The number of nitrogens with zero attached hydrogens (tertiary/aromatic N) is 2. The van der Waals surface area contributed by atoms with Crippen LogP contribution in [-0.4, -0.2) is 75.5 Å². The van der Waals surface area contributed by atoms with Crippen molar-refractivity contribution in [2.24, 2.45) is 16.3 Å². The first-order valence-electron chi connectivity index (χ1n) is 10.2. The molecule has 4 rings (SSSR count). The quantitative estimate of drug-likeness (QED) is 0.590. The van der Waals surface area contributed by atoms with Gasteiger partial charge in [0.1, 0.15) is 0 Å². The number of guanidine groups is 1. The van der Waals surface area contributed by atoms with Crippen LogP contribution in [0.25, 0.3) is 0 Å². The van der Waals surface area contributed by atoms with Gasteiger partial charge in [0, 0.05) is 56.7 Å². The van der Waals surface area contributed by atoms with E-state index in [-0.39, 0.29) is 0 Å². The molecule has 2 heterocycles. The van der Waals surface area contributed by atoms with Crippen LogP contribution >= 0.6 is 0 Å². The fourth-order valence-corrected chi connectivity index (χ4v) is 5.64. The maximum absolute atomic E-state index is 6.09. The Labute approximate surface area is 151 Å². The molecule has 0 radical (unpaired) electrons. The summed E-state index contributed by atoms with van der Waals surface area (Å²) < 4.78 is 11.5. The van der Waals surface area contributed by atoms with Crippen LogP contribution in [0.4, 0.5) is 0 Å². The second kappa shape index (κ2) is 7.41. The highest BCUT2D eigenvalue weighted by molar-refractivity contribution is 5.80. The first kappa shape index (κ1) is 17.6. The van der Waals surface area contributed by atoms with Gasteiger partial charge >= 0.3 is 0 Å². The molecular weight excluding hydrogens is 316 g/mol. The summed E-state index contributed by atoms with van der Waals surface area (Å²) in [5.74, 6) is 1.63. The van der Waals surface area contributed by atoms with E-state index in [1.165, 1.54) is 32.1 Å². The lowest BCUT2D eigenvalue weighted by Gasteiger charge is -2.57. The molecule has 4 fully saturated rings. The Hall–Kier alpha value is -0.850. The molecule has 4 atom stereocenters. The van der Waals surface area contributed by atoms with Gasteiger partial charge in [-0.3, -0.25) is 9.89 Å². The number of fused-ring (bicyclic) bond motifs is 2. The topological polar surface area (TPSA) is 58.1 Å². The standard InChI is InChI=1S/C19H34N4O2/c1-14(23-8-11-24-12-9-23)13-21-18(20-2)22-16-15-5-10-25-17(15)19(16)6-3-4-7-19/h14-17H,3-13H2,1-2H3,(H2,20,21,22). The van der Waals surface area contributed by atoms with Gasteiger partial charge in [0.15, 0.2) is 5.96 Å². The summed E-state index contributed by atoms with van der Waals surface area (Å²) in [6.07, 6.45) is 7.03. The summed E-state index contributed by atoms with van der Waals surface area (Å²) in [4.78, 5) is 7.00. The van der Waals surface area contributed by atoms with Crippen molar-refractivity contribution in [1.29, 1.82) is 0 Å². The summed E-state index contributed by atoms with van der Waals surface area (Å²) in [5, 5.41) is 7.35. The molecule has 142 valence electrons. The van der Waals surface area contributed by atoms with Gasteiger partial charge in [0.25, 0.3) is 0 Å². The van der Waals surface area contributed by atoms with Gasteiger partial charge in [-0.15, -0.1) is 0 Å². The highest BCUT2D eigenvalue weighted by atomic mass is 16.5. The fourth-order valence-electron chi connectivity index (χ4n) is 5.64. The smallest absolute Gasteiger partial charge is 0.191 e. The maximum Gasteiger partial charge on any atom is 0.191 e. The maximum atomic E-state index is 6.09. The van der Waals surface area contributed by atoms with E-state index in [2.05, 4.69) is 27.4 Å². The summed E-state index contributed by atoms with van der Waals surface area (Å²) in [5.41, 5.74) is 0.370. The molecule has 1 spiro atoms. The van der Waals surface area contributed by atoms with Crippen molar-refractivity contribution in [3.8, 4) is 0 Å². The molecule has 0 aromatic rings. The molecular formula is C19H34N4O2. The lowest BCUT2D eigenvalue weighted by Crippen LogP contribution is -2.69. The molecule has 6 heteroatoms. The average molecular weight is 351 g/mol. The highest BCUT2D eigenvalue weighted by Gasteiger charge is 2.65. The highest BCUT2D eigenvalue weighted by Crippen LogP contribution is 2.60. The number of hydrogen-bond acceptors (Lipinski definition) is 4. The van der Waals surface area contributed by atoms with Crippen LogP contribution in [-0.2, 0) is 9.47 Å². The molecule has 2 aliphatic carbocycles. The molecule has 6 nitrogen and oxygen atoms in total. The minimum atomic E-state index is 0.370. The van der Waals surface area contributed by atoms with Crippen LogP contribution in [0.5, 0.6) is 0 Å². The molecule has 2 saturated heterocycles. The molecule has 2 N–H and O–H groups in total. The molecule has 4 unspecified atom stereocenters. The summed E-state index contributed by atoms with van der Waals surface area (Å²) >= 11 is 0. The van der Waals surface area contributed by atoms with Crippen LogP contribution < -0.4 is 10.6 Å². The first-order chi connectivity index (χ1) is 12.2. The van der Waals surface area contributed by atoms with Gasteiger partial charge < -0.3 is 20.1 Å². The van der Waals surface area contributed by atoms with Crippen molar-refractivity contribution in [3.05, 3.63) is 0 Å². The van der Waals surface area contributed by atoms with E-state index in [1.54, 1.807) is 0 Å². The molecule has 2 saturated carbocycles. The summed E-state index contributed by atoms with van der Waals surface area (Å²) in [6, 6.07) is 1.03. The predicted molar refractivity (Wildman–Crippen MR) is 98.9 cm³/mol. The lowest BCUT2D eigenvalue weighted by atomic mass is 9.54. The van der Waals surface area contributed by atoms with E-state index < -0.39 is 0 Å². The zero-order valence-electron chi connectivity index (χ0n) is 15.8. The van der Waals surface area contributed by atoms with Crippen LogP contribution in [0.15, 0.2) is 4.99 Å². The Morgan fingerprint density at radius 1 is 1.24 bits per heavy atom. The van der Waals surface area contributed by atoms with Gasteiger partial charge in [-0.2, -0.15) is 0 Å². The zero-order chi connectivity index (χ0) is 17.3. The first-order valence-corrected chi connectivity index (χ1v) is 10.2. The molecule has 0 aromatic heterocycles. The van der Waals surface area contributed by atoms with Gasteiger partial charge in [-0.1, -0.05) is 12.8 Å². The van der Waals surface area contributed by atoms with Gasteiger partial charge in [-0.25, -0.2) is 0 Å². The second-order valence-corrected chi connectivity index (χ2v) is 8.26. The van der Waals surface area contributed by atoms with Crippen molar-refractivity contribution in [2.75, 3.05) is 46.5 Å². The summed E-state index contributed by atoms with van der Waals surface area (Å²) in [6.45, 7) is 7.91. The van der Waals surface area contributed by atoms with Crippen molar-refractivity contribution in [3.63, 3.8) is 0 Å². The van der Waals surface area contributed by atoms with E-state index in [1.807, 2.05) is 7.05 Å². The largest absolute Gasteiger partial charge is 0.379 e. The third-order valence-corrected chi connectivity index (χ3v) is 7.04. The summed E-state index contributed by atoms with van der Waals surface area (Å²) in [7, 11) is 1.89. The minimum Gasteiger partial charge on any atom is -0.379 e. The number of ether oxygens (including phenoxy) is 2. The Balaban J connectivity index is 1.32. The Kier molecular flexibility index (Phi) is 5.20. The predicted octanol–water partition coefficient (Wildman–Crippen LogP) is 1.22. The molecule has 0 aromatic carbocycles. The Morgan fingerprint density at radius 3 is 2.72 bits per heavy atom. The van der Waals surface area contributed by atoms with Gasteiger partial charge in [0.2, 0.25) is 0 Å². The van der Waals surface area contributed by atoms with Crippen LogP contribution in [0.1, 0.15) is 39.0 Å². The van der Waals surface area contributed by atoms with Crippen LogP contribution in [0.2, 0.25) is 0 Å². The van der Waals surface area contributed by atoms with Crippen molar-refractivity contribution < 1.29 is 9.47 Å². The number of nitrogens with one attached hydrogen (secondary N) is 2. The fraction of sp³-hybridized carbons (Fsp3) is 0.947. The molecule has 2 aliphatic heterocycles. The van der Waals surface area contributed by atoms with Crippen LogP contribution in [0.3, 0.4) is 0 Å². The van der Waals surface area contributed by atoms with Crippen LogP contribution in [0, 0.1) is 11.3 Å². The van der Waals surface area contributed by atoms with E-state index in [0.29, 0.717) is 29.5 Å².